The number of alkyl carbamates (subject to hydrolysis) is 1. The highest BCUT2D eigenvalue weighted by Crippen LogP contribution is 2.07. The Balaban J connectivity index is 2.38. The molecule has 6 heteroatoms. The van der Waals surface area contributed by atoms with Gasteiger partial charge >= 0.3 is 6.09 Å². The summed E-state index contributed by atoms with van der Waals surface area (Å²) in [5.41, 5.74) is 0.256. The van der Waals surface area contributed by atoms with Crippen molar-refractivity contribution in [1.29, 1.82) is 0 Å². The lowest BCUT2D eigenvalue weighted by molar-refractivity contribution is 0.131. The third-order valence-corrected chi connectivity index (χ3v) is 3.84. The molecule has 20 heavy (non-hydrogen) atoms. The second kappa shape index (κ2) is 8.01. The van der Waals surface area contributed by atoms with Crippen LogP contribution in [0.1, 0.15) is 26.3 Å². The lowest BCUT2D eigenvalue weighted by Crippen LogP contribution is -2.47. The van der Waals surface area contributed by atoms with Crippen LogP contribution >= 0.6 is 0 Å². The first-order valence-electron chi connectivity index (χ1n) is 6.43. The van der Waals surface area contributed by atoms with E-state index in [9.17, 15) is 9.00 Å². The normalized spacial score (nSPS) is 12.8. The fraction of sp³-hybridized carbons (Fsp3) is 0.500. The Morgan fingerprint density at radius 2 is 1.95 bits per heavy atom. The Hall–Kier alpha value is -1.40. The van der Waals surface area contributed by atoms with Gasteiger partial charge in [-0.25, -0.2) is 9.00 Å². The van der Waals surface area contributed by atoms with Gasteiger partial charge in [0.25, 0.3) is 0 Å². The number of rotatable bonds is 7. The maximum atomic E-state index is 11.7. The quantitative estimate of drug-likeness (QED) is 0.839. The molecule has 1 aromatic carbocycles. The van der Waals surface area contributed by atoms with E-state index in [1.807, 2.05) is 30.3 Å². The van der Waals surface area contributed by atoms with E-state index in [1.54, 1.807) is 20.8 Å². The summed E-state index contributed by atoms with van der Waals surface area (Å²) in [6, 6.07) is 9.42. The Kier molecular flexibility index (Phi) is 6.67. The lowest BCUT2D eigenvalue weighted by Gasteiger charge is -2.24. The Labute approximate surface area is 122 Å². The van der Waals surface area contributed by atoms with Gasteiger partial charge in [0.05, 0.1) is 17.9 Å². The molecule has 0 radical (unpaired) electrons. The first kappa shape index (κ1) is 16.7. The van der Waals surface area contributed by atoms with E-state index < -0.39 is 22.7 Å². The Bertz CT molecular complexity index is 448. The van der Waals surface area contributed by atoms with Gasteiger partial charge in [0.2, 0.25) is 0 Å². The van der Waals surface area contributed by atoms with E-state index in [0.29, 0.717) is 6.61 Å². The molecule has 1 aromatic rings. The average molecular weight is 299 g/mol. The van der Waals surface area contributed by atoms with Crippen molar-refractivity contribution >= 4 is 17.2 Å². The number of carbonyl (C=O) groups excluding carboxylic acids is 1. The number of ether oxygens (including phenoxy) is 1. The molecule has 112 valence electrons. The molecular formula is C14H21NO4S. The molecule has 0 aliphatic carbocycles. The van der Waals surface area contributed by atoms with E-state index in [1.165, 1.54) is 0 Å². The molecule has 0 saturated carbocycles. The highest BCUT2D eigenvalue weighted by Gasteiger charge is 2.24. The highest BCUT2D eigenvalue weighted by atomic mass is 32.2. The molecule has 1 unspecified atom stereocenters. The Morgan fingerprint density at radius 1 is 1.30 bits per heavy atom. The van der Waals surface area contributed by atoms with Crippen LogP contribution in [0, 0.1) is 0 Å². The summed E-state index contributed by atoms with van der Waals surface area (Å²) < 4.78 is 21.6. The summed E-state index contributed by atoms with van der Waals surface area (Å²) >= 11 is -1.42. The molecule has 0 spiro atoms. The van der Waals surface area contributed by atoms with E-state index in [2.05, 4.69) is 5.32 Å². The summed E-state index contributed by atoms with van der Waals surface area (Å²) in [5, 5.41) is 2.68. The Morgan fingerprint density at radius 3 is 2.55 bits per heavy atom. The van der Waals surface area contributed by atoms with E-state index >= 15 is 0 Å². The summed E-state index contributed by atoms with van der Waals surface area (Å²) in [5.74, 6) is 0.210. The number of hydrogen-bond donors (Lipinski definition) is 1. The van der Waals surface area contributed by atoms with Gasteiger partial charge in [-0.15, -0.1) is 0 Å². The van der Waals surface area contributed by atoms with Crippen molar-refractivity contribution in [3.05, 3.63) is 35.9 Å². The predicted octanol–water partition coefficient (Wildman–Crippen LogP) is 2.39. The topological polar surface area (TPSA) is 64.6 Å². The van der Waals surface area contributed by atoms with E-state index in [-0.39, 0.29) is 12.4 Å². The summed E-state index contributed by atoms with van der Waals surface area (Å²) in [7, 11) is 0. The molecule has 5 nitrogen and oxygen atoms in total. The van der Waals surface area contributed by atoms with Crippen molar-refractivity contribution in [1.82, 2.24) is 5.32 Å². The molecule has 1 atom stereocenters. The van der Waals surface area contributed by atoms with Crippen molar-refractivity contribution in [3.63, 3.8) is 0 Å². The van der Waals surface area contributed by atoms with Crippen LogP contribution in [0.2, 0.25) is 0 Å². The standard InChI is InChI=1S/C14H21NO4S/c1-4-19-20(17)11-14(2,3)15-13(16)18-10-12-8-6-5-7-9-12/h5-9H,4,10-11H2,1-3H3,(H,15,16). The van der Waals surface area contributed by atoms with Gasteiger partial charge in [0, 0.05) is 0 Å². The largest absolute Gasteiger partial charge is 0.445 e. The molecule has 0 fully saturated rings. The van der Waals surface area contributed by atoms with Gasteiger partial charge in [0.1, 0.15) is 6.61 Å². The van der Waals surface area contributed by atoms with Crippen LogP contribution in [0.25, 0.3) is 0 Å². The van der Waals surface area contributed by atoms with Crippen molar-refractivity contribution < 1.29 is 17.9 Å². The third kappa shape index (κ3) is 6.68. The van der Waals surface area contributed by atoms with Gasteiger partial charge in [-0.2, -0.15) is 0 Å². The molecule has 0 aliphatic rings. The van der Waals surface area contributed by atoms with Crippen molar-refractivity contribution in [2.75, 3.05) is 12.4 Å². The zero-order chi connectivity index (χ0) is 15.0. The van der Waals surface area contributed by atoms with Crippen LogP contribution in [0.4, 0.5) is 4.79 Å². The van der Waals surface area contributed by atoms with Crippen LogP contribution in [0.5, 0.6) is 0 Å². The number of benzene rings is 1. The first-order valence-corrected chi connectivity index (χ1v) is 7.68. The molecule has 1 N–H and O–H groups in total. The molecule has 0 heterocycles. The second-order valence-corrected chi connectivity index (χ2v) is 6.06. The zero-order valence-corrected chi connectivity index (χ0v) is 12.9. The van der Waals surface area contributed by atoms with Gasteiger partial charge in [-0.05, 0) is 26.3 Å². The fourth-order valence-corrected chi connectivity index (χ4v) is 2.55. The van der Waals surface area contributed by atoms with Crippen molar-refractivity contribution in [3.8, 4) is 0 Å². The maximum Gasteiger partial charge on any atom is 0.407 e. The van der Waals surface area contributed by atoms with Crippen molar-refractivity contribution in [2.45, 2.75) is 32.9 Å². The highest BCUT2D eigenvalue weighted by molar-refractivity contribution is 7.80. The minimum Gasteiger partial charge on any atom is -0.445 e. The van der Waals surface area contributed by atoms with Gasteiger partial charge in [0.15, 0.2) is 11.1 Å². The molecule has 0 saturated heterocycles. The van der Waals surface area contributed by atoms with Gasteiger partial charge < -0.3 is 10.1 Å². The van der Waals surface area contributed by atoms with E-state index in [4.69, 9.17) is 8.92 Å². The van der Waals surface area contributed by atoms with Crippen LogP contribution in [-0.2, 0) is 26.6 Å². The smallest absolute Gasteiger partial charge is 0.407 e. The number of amides is 1. The number of carbonyl (C=O) groups is 1. The maximum absolute atomic E-state index is 11.7. The van der Waals surface area contributed by atoms with Crippen LogP contribution in [0.3, 0.4) is 0 Å². The summed E-state index contributed by atoms with van der Waals surface area (Å²) in [4.78, 5) is 11.7. The van der Waals surface area contributed by atoms with Crippen molar-refractivity contribution in [2.24, 2.45) is 0 Å². The number of hydrogen-bond acceptors (Lipinski definition) is 4. The minimum absolute atomic E-state index is 0.206. The molecule has 0 bridgehead atoms. The molecule has 0 aliphatic heterocycles. The van der Waals surface area contributed by atoms with Crippen LogP contribution < -0.4 is 5.32 Å². The molecule has 0 aromatic heterocycles. The second-order valence-electron chi connectivity index (χ2n) is 4.93. The SMILES string of the molecule is CCOS(=O)CC(C)(C)NC(=O)OCc1ccccc1. The molecule has 1 amide bonds. The molecular weight excluding hydrogens is 278 g/mol. The molecule has 1 rings (SSSR count). The predicted molar refractivity (Wildman–Crippen MR) is 78.5 cm³/mol. The average Bonchev–Trinajstić information content (AvgIpc) is 2.36. The fourth-order valence-electron chi connectivity index (χ4n) is 1.54. The monoisotopic (exact) mass is 299 g/mol. The zero-order valence-electron chi connectivity index (χ0n) is 12.0. The van der Waals surface area contributed by atoms with Gasteiger partial charge in [-0.1, -0.05) is 30.3 Å². The van der Waals surface area contributed by atoms with Crippen LogP contribution in [-0.4, -0.2) is 28.2 Å². The van der Waals surface area contributed by atoms with Crippen LogP contribution in [0.15, 0.2) is 30.3 Å². The van der Waals surface area contributed by atoms with Gasteiger partial charge in [-0.3, -0.25) is 4.18 Å². The minimum atomic E-state index is -1.42. The number of nitrogens with one attached hydrogen (secondary N) is 1. The van der Waals surface area contributed by atoms with E-state index in [0.717, 1.165) is 5.56 Å². The first-order chi connectivity index (χ1) is 9.43. The third-order valence-electron chi connectivity index (χ3n) is 2.38. The lowest BCUT2D eigenvalue weighted by atomic mass is 10.1. The summed E-state index contributed by atoms with van der Waals surface area (Å²) in [6.07, 6.45) is -0.535. The summed E-state index contributed by atoms with van der Waals surface area (Å²) in [6.45, 7) is 5.90.